The Kier molecular flexibility index (Phi) is 8.44. The molecule has 1 saturated heterocycles. The number of ether oxygens (including phenoxy) is 3. The van der Waals surface area contributed by atoms with Gasteiger partial charge in [-0.15, -0.1) is 0 Å². The number of aromatic nitrogens is 2. The molecule has 188 valence electrons. The first-order chi connectivity index (χ1) is 16.9. The number of rotatable bonds is 10. The lowest BCUT2D eigenvalue weighted by Gasteiger charge is -2.30. The van der Waals surface area contributed by atoms with Crippen molar-refractivity contribution in [3.05, 3.63) is 77.9 Å². The van der Waals surface area contributed by atoms with E-state index in [2.05, 4.69) is 40.4 Å². The molecule has 1 aliphatic heterocycles. The molecule has 1 N–H and O–H groups in total. The lowest BCUT2D eigenvalue weighted by atomic mass is 10.1. The molecule has 1 aliphatic rings. The van der Waals surface area contributed by atoms with E-state index in [9.17, 15) is 5.11 Å². The van der Waals surface area contributed by atoms with Crippen LogP contribution < -0.4 is 9.47 Å². The van der Waals surface area contributed by atoms with Crippen LogP contribution in [0.1, 0.15) is 36.7 Å². The van der Waals surface area contributed by atoms with E-state index in [1.54, 1.807) is 0 Å². The van der Waals surface area contributed by atoms with Crippen LogP contribution >= 0.6 is 0 Å². The number of hydrogen-bond donors (Lipinski definition) is 1. The maximum absolute atomic E-state index is 11.2. The Morgan fingerprint density at radius 2 is 1.77 bits per heavy atom. The molecule has 0 bridgehead atoms. The van der Waals surface area contributed by atoms with Crippen LogP contribution in [0, 0.1) is 6.92 Å². The fourth-order valence-corrected chi connectivity index (χ4v) is 4.29. The van der Waals surface area contributed by atoms with E-state index >= 15 is 0 Å². The van der Waals surface area contributed by atoms with E-state index in [1.807, 2.05) is 55.7 Å². The van der Waals surface area contributed by atoms with Crippen LogP contribution in [0.3, 0.4) is 0 Å². The van der Waals surface area contributed by atoms with E-state index in [-0.39, 0.29) is 13.2 Å². The van der Waals surface area contributed by atoms with E-state index in [0.717, 1.165) is 42.5 Å². The van der Waals surface area contributed by atoms with Gasteiger partial charge in [0.15, 0.2) is 0 Å². The van der Waals surface area contributed by atoms with Crippen molar-refractivity contribution >= 4 is 0 Å². The van der Waals surface area contributed by atoms with Crippen molar-refractivity contribution in [2.75, 3.05) is 39.5 Å². The van der Waals surface area contributed by atoms with Gasteiger partial charge in [0.05, 0.1) is 19.8 Å². The topological polar surface area (TPSA) is 69.0 Å². The second-order valence-corrected chi connectivity index (χ2v) is 9.72. The zero-order valence-electron chi connectivity index (χ0n) is 21.0. The number of hydrogen-bond acceptors (Lipinski definition) is 6. The fraction of sp³-hybridized carbons (Fsp3) is 0.464. The average Bonchev–Trinajstić information content (AvgIpc) is 3.24. The SMILES string of the molecule is Cc1ccc(OC[C@@]2(O)COCCN(Cc3ccc(OCCn4ccnc4C(C)C)cc3)C2)cc1. The molecule has 0 amide bonds. The summed E-state index contributed by atoms with van der Waals surface area (Å²) in [4.78, 5) is 6.64. The molecular formula is C28H37N3O4. The molecule has 0 spiro atoms. The lowest BCUT2D eigenvalue weighted by molar-refractivity contribution is -0.0646. The Labute approximate surface area is 208 Å². The maximum atomic E-state index is 11.2. The number of imidazole rings is 1. The first-order valence-electron chi connectivity index (χ1n) is 12.3. The van der Waals surface area contributed by atoms with E-state index in [1.165, 1.54) is 5.56 Å². The van der Waals surface area contributed by atoms with Crippen molar-refractivity contribution in [3.63, 3.8) is 0 Å². The number of benzene rings is 2. The predicted molar refractivity (Wildman–Crippen MR) is 136 cm³/mol. The Hall–Kier alpha value is -2.87. The van der Waals surface area contributed by atoms with Crippen molar-refractivity contribution in [1.82, 2.24) is 14.5 Å². The summed E-state index contributed by atoms with van der Waals surface area (Å²) in [6, 6.07) is 16.0. The second kappa shape index (κ2) is 11.7. The molecule has 0 radical (unpaired) electrons. The van der Waals surface area contributed by atoms with Crippen LogP contribution in [-0.2, 0) is 17.8 Å². The zero-order valence-corrected chi connectivity index (χ0v) is 21.0. The zero-order chi connectivity index (χ0) is 24.7. The first-order valence-corrected chi connectivity index (χ1v) is 12.3. The Bertz CT molecular complexity index is 1050. The van der Waals surface area contributed by atoms with E-state index < -0.39 is 5.60 Å². The summed E-state index contributed by atoms with van der Waals surface area (Å²) in [6.45, 7) is 10.7. The molecule has 0 unspecified atom stereocenters. The average molecular weight is 480 g/mol. The van der Waals surface area contributed by atoms with Gasteiger partial charge in [-0.3, -0.25) is 4.90 Å². The molecule has 4 rings (SSSR count). The van der Waals surface area contributed by atoms with Gasteiger partial charge < -0.3 is 23.9 Å². The molecule has 2 heterocycles. The molecule has 1 atom stereocenters. The van der Waals surface area contributed by atoms with Gasteiger partial charge in [0.1, 0.15) is 36.1 Å². The standard InChI is InChI=1S/C28H37N3O4/c1-22(2)27-29-12-13-31(27)15-17-34-25-10-6-24(7-11-25)18-30-14-16-33-20-28(32,19-30)21-35-26-8-4-23(3)5-9-26/h4-13,22,32H,14-21H2,1-3H3/t28-/m0/s1. The normalized spacial score (nSPS) is 19.0. The minimum absolute atomic E-state index is 0.189. The van der Waals surface area contributed by atoms with E-state index in [4.69, 9.17) is 14.2 Å². The molecule has 35 heavy (non-hydrogen) atoms. The highest BCUT2D eigenvalue weighted by Crippen LogP contribution is 2.20. The highest BCUT2D eigenvalue weighted by Gasteiger charge is 2.33. The quantitative estimate of drug-likeness (QED) is 0.473. The van der Waals surface area contributed by atoms with Crippen molar-refractivity contribution in [3.8, 4) is 11.5 Å². The molecule has 2 aromatic carbocycles. The van der Waals surface area contributed by atoms with Crippen LogP contribution in [0.2, 0.25) is 0 Å². The van der Waals surface area contributed by atoms with Gasteiger partial charge in [-0.25, -0.2) is 4.98 Å². The van der Waals surface area contributed by atoms with Crippen molar-refractivity contribution in [1.29, 1.82) is 0 Å². The fourth-order valence-electron chi connectivity index (χ4n) is 4.29. The van der Waals surface area contributed by atoms with Gasteiger partial charge in [-0.2, -0.15) is 0 Å². The van der Waals surface area contributed by atoms with E-state index in [0.29, 0.717) is 25.7 Å². The largest absolute Gasteiger partial charge is 0.492 e. The van der Waals surface area contributed by atoms with Gasteiger partial charge in [-0.05, 0) is 36.8 Å². The summed E-state index contributed by atoms with van der Waals surface area (Å²) in [5.41, 5.74) is 1.28. The van der Waals surface area contributed by atoms with Crippen LogP contribution in [0.25, 0.3) is 0 Å². The highest BCUT2D eigenvalue weighted by molar-refractivity contribution is 5.28. The van der Waals surface area contributed by atoms with Crippen LogP contribution in [-0.4, -0.2) is 64.7 Å². The Morgan fingerprint density at radius 1 is 1.06 bits per heavy atom. The molecule has 1 fully saturated rings. The summed E-state index contributed by atoms with van der Waals surface area (Å²) >= 11 is 0. The number of β-amino-alcohol motifs (C(OH)–C–C–N with tert-alkyl or cyclic N) is 1. The van der Waals surface area contributed by atoms with Gasteiger partial charge in [-0.1, -0.05) is 43.7 Å². The molecule has 3 aromatic rings. The van der Waals surface area contributed by atoms with Crippen LogP contribution in [0.4, 0.5) is 0 Å². The summed E-state index contributed by atoms with van der Waals surface area (Å²) < 4.78 is 19.7. The number of aliphatic hydroxyl groups is 1. The van der Waals surface area contributed by atoms with Gasteiger partial charge >= 0.3 is 0 Å². The smallest absolute Gasteiger partial charge is 0.134 e. The summed E-state index contributed by atoms with van der Waals surface area (Å²) in [6.07, 6.45) is 3.84. The van der Waals surface area contributed by atoms with Crippen LogP contribution in [0.15, 0.2) is 60.9 Å². The number of aryl methyl sites for hydroxylation is 1. The third kappa shape index (κ3) is 7.31. The minimum Gasteiger partial charge on any atom is -0.492 e. The van der Waals surface area contributed by atoms with Gasteiger partial charge in [0.2, 0.25) is 0 Å². The molecule has 7 heteroatoms. The van der Waals surface area contributed by atoms with Crippen LogP contribution in [0.5, 0.6) is 11.5 Å². The molecule has 0 aliphatic carbocycles. The lowest BCUT2D eigenvalue weighted by Crippen LogP contribution is -2.48. The summed E-state index contributed by atoms with van der Waals surface area (Å²) in [7, 11) is 0. The number of nitrogens with zero attached hydrogens (tertiary/aromatic N) is 3. The molecule has 1 aromatic heterocycles. The second-order valence-electron chi connectivity index (χ2n) is 9.72. The highest BCUT2D eigenvalue weighted by atomic mass is 16.5. The first kappa shape index (κ1) is 25.2. The predicted octanol–water partition coefficient (Wildman–Crippen LogP) is 4.04. The third-order valence-corrected chi connectivity index (χ3v) is 6.16. The Balaban J connectivity index is 1.27. The molecule has 7 nitrogen and oxygen atoms in total. The van der Waals surface area contributed by atoms with Crippen molar-refractivity contribution in [2.24, 2.45) is 0 Å². The van der Waals surface area contributed by atoms with Crippen molar-refractivity contribution < 1.29 is 19.3 Å². The monoisotopic (exact) mass is 479 g/mol. The minimum atomic E-state index is -1.06. The molecule has 0 saturated carbocycles. The van der Waals surface area contributed by atoms with Gasteiger partial charge in [0.25, 0.3) is 0 Å². The van der Waals surface area contributed by atoms with Gasteiger partial charge in [0, 0.05) is 37.9 Å². The third-order valence-electron chi connectivity index (χ3n) is 6.16. The Morgan fingerprint density at radius 3 is 2.51 bits per heavy atom. The maximum Gasteiger partial charge on any atom is 0.134 e. The summed E-state index contributed by atoms with van der Waals surface area (Å²) in [5, 5.41) is 11.2. The molecular weight excluding hydrogens is 442 g/mol. The van der Waals surface area contributed by atoms with Crippen molar-refractivity contribution in [2.45, 2.75) is 45.4 Å². The summed E-state index contributed by atoms with van der Waals surface area (Å²) in [5.74, 6) is 3.07.